The third kappa shape index (κ3) is 2.93. The minimum absolute atomic E-state index is 0.606. The van der Waals surface area contributed by atoms with E-state index in [4.69, 9.17) is 4.74 Å². The van der Waals surface area contributed by atoms with Crippen molar-refractivity contribution in [1.82, 2.24) is 10.2 Å². The molecule has 2 aliphatic rings. The Balaban J connectivity index is 1.60. The fourth-order valence-electron chi connectivity index (χ4n) is 1.79. The second-order valence-corrected chi connectivity index (χ2v) is 4.19. The second kappa shape index (κ2) is 4.40. The Kier molecular flexibility index (Phi) is 3.19. The molecule has 0 aromatic carbocycles. The lowest BCUT2D eigenvalue weighted by atomic mass is 10.2. The Morgan fingerprint density at radius 3 is 3.00 bits per heavy atom. The highest BCUT2D eigenvalue weighted by atomic mass is 16.5. The molecule has 1 heterocycles. The van der Waals surface area contributed by atoms with Crippen molar-refractivity contribution in [1.29, 1.82) is 0 Å². The van der Waals surface area contributed by atoms with Gasteiger partial charge in [-0.15, -0.1) is 0 Å². The van der Waals surface area contributed by atoms with E-state index in [0.717, 1.165) is 32.3 Å². The summed E-state index contributed by atoms with van der Waals surface area (Å²) < 4.78 is 5.39. The van der Waals surface area contributed by atoms with Crippen molar-refractivity contribution in [3.05, 3.63) is 0 Å². The number of rotatable bonds is 4. The lowest BCUT2D eigenvalue weighted by Gasteiger charge is -2.33. The minimum atomic E-state index is 0.606. The number of morpholine rings is 1. The van der Waals surface area contributed by atoms with Crippen LogP contribution in [0.1, 0.15) is 19.8 Å². The van der Waals surface area contributed by atoms with Crippen LogP contribution in [-0.2, 0) is 4.74 Å². The van der Waals surface area contributed by atoms with Gasteiger partial charge in [0.25, 0.3) is 0 Å². The van der Waals surface area contributed by atoms with Gasteiger partial charge in [-0.2, -0.15) is 0 Å². The normalized spacial score (nSPS) is 30.7. The molecule has 0 aromatic rings. The van der Waals surface area contributed by atoms with Crippen LogP contribution in [0.5, 0.6) is 0 Å². The van der Waals surface area contributed by atoms with E-state index < -0.39 is 0 Å². The predicted molar refractivity (Wildman–Crippen MR) is 52.9 cm³/mol. The highest BCUT2D eigenvalue weighted by Crippen LogP contribution is 2.18. The highest BCUT2D eigenvalue weighted by molar-refractivity contribution is 4.81. The molecule has 1 aliphatic carbocycles. The average Bonchev–Trinajstić information content (AvgIpc) is 2.92. The van der Waals surface area contributed by atoms with Gasteiger partial charge in [-0.3, -0.25) is 4.90 Å². The molecule has 1 saturated carbocycles. The van der Waals surface area contributed by atoms with E-state index in [0.29, 0.717) is 6.04 Å². The van der Waals surface area contributed by atoms with Crippen molar-refractivity contribution in [3.63, 3.8) is 0 Å². The average molecular weight is 184 g/mol. The first kappa shape index (κ1) is 9.44. The fraction of sp³-hybridized carbons (Fsp3) is 1.00. The van der Waals surface area contributed by atoms with Crippen molar-refractivity contribution >= 4 is 0 Å². The quantitative estimate of drug-likeness (QED) is 0.687. The number of nitrogens with zero attached hydrogens (tertiary/aromatic N) is 1. The Morgan fingerprint density at radius 1 is 1.46 bits per heavy atom. The van der Waals surface area contributed by atoms with Gasteiger partial charge >= 0.3 is 0 Å². The summed E-state index contributed by atoms with van der Waals surface area (Å²) in [4.78, 5) is 2.51. The van der Waals surface area contributed by atoms with Crippen LogP contribution in [0.3, 0.4) is 0 Å². The Morgan fingerprint density at radius 2 is 2.31 bits per heavy atom. The molecule has 2 fully saturated rings. The lowest BCUT2D eigenvalue weighted by Crippen LogP contribution is -2.46. The Bertz CT molecular complexity index is 159. The first-order valence-electron chi connectivity index (χ1n) is 5.41. The van der Waals surface area contributed by atoms with E-state index in [1.165, 1.54) is 19.4 Å². The molecule has 1 unspecified atom stereocenters. The third-order valence-electron chi connectivity index (χ3n) is 2.91. The van der Waals surface area contributed by atoms with E-state index in [1.54, 1.807) is 0 Å². The van der Waals surface area contributed by atoms with Crippen LogP contribution in [0.25, 0.3) is 0 Å². The van der Waals surface area contributed by atoms with Crippen LogP contribution >= 0.6 is 0 Å². The van der Waals surface area contributed by atoms with Gasteiger partial charge < -0.3 is 10.1 Å². The summed E-state index contributed by atoms with van der Waals surface area (Å²) in [6.45, 7) is 7.50. The van der Waals surface area contributed by atoms with E-state index in [-0.39, 0.29) is 0 Å². The fourth-order valence-corrected chi connectivity index (χ4v) is 1.79. The molecule has 0 amide bonds. The zero-order chi connectivity index (χ0) is 9.10. The number of hydrogen-bond donors (Lipinski definition) is 1. The summed E-state index contributed by atoms with van der Waals surface area (Å²) in [5.41, 5.74) is 0. The molecule has 13 heavy (non-hydrogen) atoms. The molecule has 3 heteroatoms. The molecule has 0 radical (unpaired) electrons. The van der Waals surface area contributed by atoms with Crippen molar-refractivity contribution in [2.24, 2.45) is 0 Å². The van der Waals surface area contributed by atoms with E-state index in [9.17, 15) is 0 Å². The predicted octanol–water partition coefficient (Wildman–Crippen LogP) is 0.459. The molecule has 1 N–H and O–H groups in total. The van der Waals surface area contributed by atoms with E-state index in [2.05, 4.69) is 17.1 Å². The van der Waals surface area contributed by atoms with Gasteiger partial charge in [-0.25, -0.2) is 0 Å². The summed E-state index contributed by atoms with van der Waals surface area (Å²) >= 11 is 0. The summed E-state index contributed by atoms with van der Waals surface area (Å²) in [5.74, 6) is 0. The molecule has 1 aliphatic heterocycles. The summed E-state index contributed by atoms with van der Waals surface area (Å²) in [6.07, 6.45) is 2.78. The smallest absolute Gasteiger partial charge is 0.0619 e. The zero-order valence-electron chi connectivity index (χ0n) is 8.46. The van der Waals surface area contributed by atoms with Gasteiger partial charge in [0.15, 0.2) is 0 Å². The summed E-state index contributed by atoms with van der Waals surface area (Å²) in [7, 11) is 0. The zero-order valence-corrected chi connectivity index (χ0v) is 8.46. The number of hydrogen-bond acceptors (Lipinski definition) is 3. The lowest BCUT2D eigenvalue weighted by molar-refractivity contribution is 0.000405. The number of ether oxygens (including phenoxy) is 1. The molecule has 2 rings (SSSR count). The maximum Gasteiger partial charge on any atom is 0.0619 e. The first-order valence-corrected chi connectivity index (χ1v) is 5.41. The van der Waals surface area contributed by atoms with Gasteiger partial charge in [0, 0.05) is 31.7 Å². The van der Waals surface area contributed by atoms with Crippen LogP contribution in [0.15, 0.2) is 0 Å². The van der Waals surface area contributed by atoms with Crippen LogP contribution < -0.4 is 5.32 Å². The maximum absolute atomic E-state index is 5.39. The standard InChI is InChI=1S/C10H20N2O/c1-9-8-13-7-6-12(9)5-4-11-10-2-3-10/h9-11H,2-8H2,1H3. The molecular formula is C10H20N2O. The Hall–Kier alpha value is -0.120. The molecule has 0 aromatic heterocycles. The van der Waals surface area contributed by atoms with Crippen molar-refractivity contribution < 1.29 is 4.74 Å². The van der Waals surface area contributed by atoms with Gasteiger partial charge in [0.2, 0.25) is 0 Å². The summed E-state index contributed by atoms with van der Waals surface area (Å²) in [6, 6.07) is 1.45. The second-order valence-electron chi connectivity index (χ2n) is 4.19. The highest BCUT2D eigenvalue weighted by Gasteiger charge is 2.22. The van der Waals surface area contributed by atoms with Crippen molar-refractivity contribution in [2.45, 2.75) is 31.8 Å². The third-order valence-corrected chi connectivity index (χ3v) is 2.91. The molecule has 1 atom stereocenters. The SMILES string of the molecule is CC1COCCN1CCNC1CC1. The number of nitrogens with one attached hydrogen (secondary N) is 1. The van der Waals surface area contributed by atoms with E-state index in [1.807, 2.05) is 0 Å². The van der Waals surface area contributed by atoms with Crippen LogP contribution in [0.2, 0.25) is 0 Å². The molecule has 1 saturated heterocycles. The molecular weight excluding hydrogens is 164 g/mol. The minimum Gasteiger partial charge on any atom is -0.379 e. The van der Waals surface area contributed by atoms with E-state index >= 15 is 0 Å². The molecule has 0 spiro atoms. The van der Waals surface area contributed by atoms with Crippen molar-refractivity contribution in [3.8, 4) is 0 Å². The molecule has 0 bridgehead atoms. The maximum atomic E-state index is 5.39. The topological polar surface area (TPSA) is 24.5 Å². The van der Waals surface area contributed by atoms with Crippen LogP contribution in [0.4, 0.5) is 0 Å². The molecule has 76 valence electrons. The van der Waals surface area contributed by atoms with Gasteiger partial charge in [-0.05, 0) is 19.8 Å². The van der Waals surface area contributed by atoms with Crippen LogP contribution in [-0.4, -0.2) is 49.8 Å². The van der Waals surface area contributed by atoms with Gasteiger partial charge in [0.1, 0.15) is 0 Å². The Labute approximate surface area is 80.4 Å². The van der Waals surface area contributed by atoms with Crippen LogP contribution in [0, 0.1) is 0 Å². The monoisotopic (exact) mass is 184 g/mol. The van der Waals surface area contributed by atoms with Gasteiger partial charge in [0.05, 0.1) is 13.2 Å². The first-order chi connectivity index (χ1) is 6.36. The molecule has 3 nitrogen and oxygen atoms in total. The summed E-state index contributed by atoms with van der Waals surface area (Å²) in [5, 5.41) is 3.54. The van der Waals surface area contributed by atoms with Crippen molar-refractivity contribution in [2.75, 3.05) is 32.8 Å². The largest absolute Gasteiger partial charge is 0.379 e. The van der Waals surface area contributed by atoms with Gasteiger partial charge in [-0.1, -0.05) is 0 Å².